The summed E-state index contributed by atoms with van der Waals surface area (Å²) in [4.78, 5) is 9.67. The quantitative estimate of drug-likeness (QED) is 0.632. The molecule has 90 valence electrons. The number of aryl methyl sites for hydroxylation is 1. The average Bonchev–Trinajstić information content (AvgIpc) is 2.44. The van der Waals surface area contributed by atoms with E-state index in [1.165, 1.54) is 6.20 Å². The van der Waals surface area contributed by atoms with Crippen molar-refractivity contribution in [3.8, 4) is 0 Å². The van der Waals surface area contributed by atoms with Crippen LogP contribution in [0.3, 0.4) is 0 Å². The number of hydrogen-bond donors (Lipinski definition) is 0. The van der Waals surface area contributed by atoms with Crippen molar-refractivity contribution in [3.63, 3.8) is 0 Å². The van der Waals surface area contributed by atoms with Crippen LogP contribution in [0.2, 0.25) is 0 Å². The second-order valence-electron chi connectivity index (χ2n) is 2.62. The van der Waals surface area contributed by atoms with Crippen LogP contribution in [-0.2, 0) is 6.54 Å². The van der Waals surface area contributed by atoms with Crippen LogP contribution in [0, 0.1) is 10.1 Å². The molecule has 0 N–H and O–H groups in total. The van der Waals surface area contributed by atoms with Gasteiger partial charge in [0.25, 0.3) is 0 Å². The lowest BCUT2D eigenvalue weighted by Gasteiger charge is -2.03. The highest BCUT2D eigenvalue weighted by molar-refractivity contribution is 9.10. The number of nitrogens with zero attached hydrogens (tertiary/aromatic N) is 3. The van der Waals surface area contributed by atoms with Crippen molar-refractivity contribution in [3.05, 3.63) is 20.8 Å². The van der Waals surface area contributed by atoms with Crippen molar-refractivity contribution in [1.29, 1.82) is 0 Å². The minimum atomic E-state index is -4.30. The number of aromatic nitrogens is 2. The molecule has 0 saturated carbocycles. The normalized spacial score (nSPS) is 11.8. The van der Waals surface area contributed by atoms with Crippen molar-refractivity contribution in [2.45, 2.75) is 12.1 Å². The molecule has 0 radical (unpaired) electrons. The summed E-state index contributed by atoms with van der Waals surface area (Å²) in [6.07, 6.45) is 1.27. The summed E-state index contributed by atoms with van der Waals surface area (Å²) in [5, 5.41) is 13.9. The highest BCUT2D eigenvalue weighted by Crippen LogP contribution is 2.30. The minimum absolute atomic E-state index is 0.0450. The lowest BCUT2D eigenvalue weighted by atomic mass is 10.6. The monoisotopic (exact) mass is 319 g/mol. The summed E-state index contributed by atoms with van der Waals surface area (Å²) in [5.41, 5.74) is -4.30. The summed E-state index contributed by atoms with van der Waals surface area (Å²) in [5.74, 6) is -0.647. The summed E-state index contributed by atoms with van der Waals surface area (Å²) in [6.45, 7) is -0.0450. The van der Waals surface area contributed by atoms with E-state index in [0.717, 1.165) is 4.68 Å². The van der Waals surface area contributed by atoms with E-state index in [9.17, 15) is 23.3 Å². The van der Waals surface area contributed by atoms with Gasteiger partial charge in [-0.15, -0.1) is 0 Å². The van der Waals surface area contributed by atoms with Crippen LogP contribution in [0.5, 0.6) is 0 Å². The first-order valence-electron chi connectivity index (χ1n) is 3.87. The van der Waals surface area contributed by atoms with Crippen LogP contribution in [0.25, 0.3) is 0 Å². The summed E-state index contributed by atoms with van der Waals surface area (Å²) in [6, 6.07) is 0. The number of halogens is 4. The van der Waals surface area contributed by atoms with Crippen LogP contribution >= 0.6 is 27.7 Å². The largest absolute Gasteiger partial charge is 0.441 e. The zero-order valence-electron chi connectivity index (χ0n) is 7.57. The number of nitro groups is 1. The van der Waals surface area contributed by atoms with Gasteiger partial charge in [-0.2, -0.15) is 17.9 Å². The first-order valence-corrected chi connectivity index (χ1v) is 5.65. The molecule has 0 aliphatic heterocycles. The Bertz CT molecular complexity index is 395. The topological polar surface area (TPSA) is 61.0 Å². The molecule has 1 rings (SSSR count). The van der Waals surface area contributed by atoms with Crippen molar-refractivity contribution in [2.75, 3.05) is 5.75 Å². The standard InChI is InChI=1S/C6H5BrF3N3O2S/c7-4-3-12(11-5(4)13(14)15)1-2-16-6(8,9)10/h3H,1-2H2. The van der Waals surface area contributed by atoms with Crippen LogP contribution in [0.1, 0.15) is 0 Å². The second kappa shape index (κ2) is 5.04. The average molecular weight is 320 g/mol. The summed E-state index contributed by atoms with van der Waals surface area (Å²) < 4.78 is 36.6. The molecule has 1 aromatic rings. The van der Waals surface area contributed by atoms with Crippen molar-refractivity contribution in [1.82, 2.24) is 9.78 Å². The molecule has 0 unspecified atom stereocenters. The molecule has 0 aliphatic carbocycles. The Labute approximate surface area is 100 Å². The molecule has 16 heavy (non-hydrogen) atoms. The maximum atomic E-state index is 11.8. The van der Waals surface area contributed by atoms with Crippen LogP contribution in [-0.4, -0.2) is 26.0 Å². The molecule has 0 fully saturated rings. The van der Waals surface area contributed by atoms with E-state index < -0.39 is 16.2 Å². The van der Waals surface area contributed by atoms with Gasteiger partial charge < -0.3 is 10.1 Å². The van der Waals surface area contributed by atoms with E-state index in [4.69, 9.17) is 0 Å². The van der Waals surface area contributed by atoms with Gasteiger partial charge in [0.1, 0.15) is 4.47 Å². The number of rotatable bonds is 4. The molecule has 0 saturated heterocycles. The second-order valence-corrected chi connectivity index (χ2v) is 4.63. The molecule has 0 aromatic carbocycles. The Kier molecular flexibility index (Phi) is 4.19. The van der Waals surface area contributed by atoms with E-state index in [1.54, 1.807) is 0 Å². The van der Waals surface area contributed by atoms with Gasteiger partial charge in [-0.05, 0) is 32.6 Å². The van der Waals surface area contributed by atoms with Gasteiger partial charge >= 0.3 is 11.3 Å². The highest BCUT2D eigenvalue weighted by Gasteiger charge is 2.28. The Morgan fingerprint density at radius 1 is 1.62 bits per heavy atom. The predicted octanol–water partition coefficient (Wildman–Crippen LogP) is 2.81. The molecule has 1 heterocycles. The first kappa shape index (κ1) is 13.3. The Morgan fingerprint density at radius 3 is 2.69 bits per heavy atom. The van der Waals surface area contributed by atoms with Gasteiger partial charge in [-0.1, -0.05) is 0 Å². The van der Waals surface area contributed by atoms with Crippen molar-refractivity contribution >= 4 is 33.5 Å². The van der Waals surface area contributed by atoms with E-state index in [1.807, 2.05) is 0 Å². The van der Waals surface area contributed by atoms with E-state index >= 15 is 0 Å². The van der Waals surface area contributed by atoms with Crippen molar-refractivity contribution in [2.24, 2.45) is 0 Å². The molecule has 0 spiro atoms. The Balaban J connectivity index is 2.56. The molecule has 0 aliphatic rings. The fourth-order valence-electron chi connectivity index (χ4n) is 0.880. The maximum absolute atomic E-state index is 11.8. The smallest absolute Gasteiger partial charge is 0.358 e. The van der Waals surface area contributed by atoms with Gasteiger partial charge in [-0.3, -0.25) is 0 Å². The van der Waals surface area contributed by atoms with Crippen LogP contribution in [0.4, 0.5) is 19.0 Å². The first-order chi connectivity index (χ1) is 7.29. The third-order valence-electron chi connectivity index (χ3n) is 1.46. The lowest BCUT2D eigenvalue weighted by molar-refractivity contribution is -0.390. The predicted molar refractivity (Wildman–Crippen MR) is 55.1 cm³/mol. The summed E-state index contributed by atoms with van der Waals surface area (Å²) >= 11 is 2.70. The SMILES string of the molecule is O=[N+]([O-])c1nn(CCSC(F)(F)F)cc1Br. The molecule has 5 nitrogen and oxygen atoms in total. The Morgan fingerprint density at radius 2 is 2.25 bits per heavy atom. The molecular weight excluding hydrogens is 315 g/mol. The lowest BCUT2D eigenvalue weighted by Crippen LogP contribution is -2.07. The fourth-order valence-corrected chi connectivity index (χ4v) is 1.85. The van der Waals surface area contributed by atoms with Gasteiger partial charge in [0.2, 0.25) is 0 Å². The van der Waals surface area contributed by atoms with Crippen molar-refractivity contribution < 1.29 is 18.1 Å². The van der Waals surface area contributed by atoms with E-state index in [-0.39, 0.29) is 28.5 Å². The Hall–Kier alpha value is -0.770. The van der Waals surface area contributed by atoms with Gasteiger partial charge in [0.05, 0.1) is 17.8 Å². The van der Waals surface area contributed by atoms with Gasteiger partial charge in [-0.25, -0.2) is 0 Å². The van der Waals surface area contributed by atoms with Crippen LogP contribution in [0.15, 0.2) is 10.7 Å². The van der Waals surface area contributed by atoms with Crippen LogP contribution < -0.4 is 0 Å². The highest BCUT2D eigenvalue weighted by atomic mass is 79.9. The zero-order chi connectivity index (χ0) is 12.3. The van der Waals surface area contributed by atoms with E-state index in [0.29, 0.717) is 0 Å². The third-order valence-corrected chi connectivity index (χ3v) is 2.73. The molecule has 0 bridgehead atoms. The number of hydrogen-bond acceptors (Lipinski definition) is 4. The molecule has 0 atom stereocenters. The van der Waals surface area contributed by atoms with Gasteiger partial charge in [0.15, 0.2) is 0 Å². The molecule has 1 aromatic heterocycles. The van der Waals surface area contributed by atoms with Gasteiger partial charge in [0, 0.05) is 5.75 Å². The fraction of sp³-hybridized carbons (Fsp3) is 0.500. The number of thioether (sulfide) groups is 1. The minimum Gasteiger partial charge on any atom is -0.358 e. The maximum Gasteiger partial charge on any atom is 0.441 e. The molecule has 0 amide bonds. The zero-order valence-corrected chi connectivity index (χ0v) is 9.97. The number of alkyl halides is 3. The summed E-state index contributed by atoms with van der Waals surface area (Å²) in [7, 11) is 0. The van der Waals surface area contributed by atoms with E-state index in [2.05, 4.69) is 21.0 Å². The molecule has 10 heteroatoms. The molecular formula is C6H5BrF3N3O2S. The third kappa shape index (κ3) is 4.00.